The highest BCUT2D eigenvalue weighted by Crippen LogP contribution is 2.47. The Kier molecular flexibility index (Phi) is 10.6. The summed E-state index contributed by atoms with van der Waals surface area (Å²) in [5.74, 6) is -3.55. The van der Waals surface area contributed by atoms with E-state index in [4.69, 9.17) is 9.47 Å². The number of carbonyl (C=O) groups excluding carboxylic acids is 3. The molecule has 0 aliphatic carbocycles. The number of aromatic hydroxyl groups is 1. The number of rotatable bonds is 11. The van der Waals surface area contributed by atoms with Gasteiger partial charge < -0.3 is 24.4 Å². The molecule has 13 heteroatoms. The van der Waals surface area contributed by atoms with Crippen LogP contribution in [0.3, 0.4) is 0 Å². The Morgan fingerprint density at radius 2 is 1.62 bits per heavy atom. The van der Waals surface area contributed by atoms with Gasteiger partial charge in [0.1, 0.15) is 17.5 Å². The van der Waals surface area contributed by atoms with Crippen LogP contribution in [0.15, 0.2) is 72.8 Å². The maximum atomic E-state index is 15.5. The highest BCUT2D eigenvalue weighted by molar-refractivity contribution is 6.05. The van der Waals surface area contributed by atoms with Gasteiger partial charge in [0.25, 0.3) is 5.91 Å². The third-order valence-corrected chi connectivity index (χ3v) is 11.5. The number of ether oxygens (including phenoxy) is 2. The summed E-state index contributed by atoms with van der Waals surface area (Å²) in [6.45, 7) is 5.31. The molecule has 4 heterocycles. The Hall–Kier alpha value is -5.56. The van der Waals surface area contributed by atoms with Gasteiger partial charge in [-0.15, -0.1) is 0 Å². The summed E-state index contributed by atoms with van der Waals surface area (Å²) >= 11 is 0. The molecule has 0 spiro atoms. The topological polar surface area (TPSA) is 112 Å². The molecule has 292 valence electrons. The van der Waals surface area contributed by atoms with Crippen LogP contribution in [0.4, 0.5) is 18.9 Å². The number of piperazine rings is 1. The van der Waals surface area contributed by atoms with Gasteiger partial charge in [0.2, 0.25) is 11.8 Å². The molecule has 0 aromatic heterocycles. The fourth-order valence-corrected chi connectivity index (χ4v) is 8.45. The van der Waals surface area contributed by atoms with Crippen LogP contribution in [0.1, 0.15) is 76.6 Å². The molecule has 2 saturated heterocycles. The van der Waals surface area contributed by atoms with Crippen molar-refractivity contribution in [3.05, 3.63) is 118 Å². The Morgan fingerprint density at radius 3 is 2.41 bits per heavy atom. The fraction of sp³-hybridized carbons (Fsp3) is 0.372. The molecule has 8 rings (SSSR count). The zero-order valence-electron chi connectivity index (χ0n) is 30.8. The highest BCUT2D eigenvalue weighted by atomic mass is 19.2. The van der Waals surface area contributed by atoms with Crippen molar-refractivity contribution in [2.45, 2.75) is 56.5 Å². The molecule has 4 aromatic carbocycles. The van der Waals surface area contributed by atoms with Crippen LogP contribution < -0.4 is 19.7 Å². The molecular weight excluding hydrogens is 725 g/mol. The minimum atomic E-state index is -0.967. The molecule has 1 unspecified atom stereocenters. The second-order valence-electron chi connectivity index (χ2n) is 15.0. The highest BCUT2D eigenvalue weighted by Gasteiger charge is 2.39. The molecule has 3 atom stereocenters. The lowest BCUT2D eigenvalue weighted by Gasteiger charge is -2.36. The Balaban J connectivity index is 0.799. The third kappa shape index (κ3) is 7.64. The van der Waals surface area contributed by atoms with Crippen LogP contribution in [-0.4, -0.2) is 84.6 Å². The van der Waals surface area contributed by atoms with E-state index < -0.39 is 41.2 Å². The summed E-state index contributed by atoms with van der Waals surface area (Å²) in [6, 6.07) is 18.5. The summed E-state index contributed by atoms with van der Waals surface area (Å²) in [7, 11) is 0. The first-order valence-corrected chi connectivity index (χ1v) is 19.2. The van der Waals surface area contributed by atoms with Crippen molar-refractivity contribution in [1.82, 2.24) is 15.1 Å². The number of halogens is 3. The number of benzene rings is 4. The van der Waals surface area contributed by atoms with Crippen LogP contribution >= 0.6 is 0 Å². The zero-order valence-corrected chi connectivity index (χ0v) is 30.8. The quantitative estimate of drug-likeness (QED) is 0.136. The predicted octanol–water partition coefficient (Wildman–Crippen LogP) is 6.25. The Labute approximate surface area is 322 Å². The number of nitrogens with one attached hydrogen (secondary N) is 1. The fourth-order valence-electron chi connectivity index (χ4n) is 8.45. The average molecular weight is 769 g/mol. The van der Waals surface area contributed by atoms with Gasteiger partial charge in [0.15, 0.2) is 23.2 Å². The molecule has 2 fully saturated rings. The van der Waals surface area contributed by atoms with Crippen molar-refractivity contribution in [3.63, 3.8) is 0 Å². The predicted molar refractivity (Wildman–Crippen MR) is 201 cm³/mol. The molecule has 4 aromatic rings. The van der Waals surface area contributed by atoms with Gasteiger partial charge >= 0.3 is 0 Å². The van der Waals surface area contributed by atoms with Gasteiger partial charge in [-0.3, -0.25) is 24.6 Å². The lowest BCUT2D eigenvalue weighted by atomic mass is 9.76. The van der Waals surface area contributed by atoms with E-state index in [0.29, 0.717) is 47.6 Å². The maximum absolute atomic E-state index is 15.5. The number of hydrogen-bond acceptors (Lipinski definition) is 8. The van der Waals surface area contributed by atoms with Crippen molar-refractivity contribution in [2.75, 3.05) is 50.8 Å². The SMILES string of the molecule is O=C1CCC(N2Cc3cc(N4CCN(CCCCCOc5ccc([C@H]6c7ccc(O)cc7OC[C@H]6c6ccc(F)c(F)c6)cc5F)CC4)ccc3C2=O)C(=O)N1. The number of piperidine rings is 1. The Morgan fingerprint density at radius 1 is 0.821 bits per heavy atom. The number of phenols is 1. The van der Waals surface area contributed by atoms with Gasteiger partial charge in [-0.1, -0.05) is 18.2 Å². The van der Waals surface area contributed by atoms with Crippen molar-refractivity contribution in [1.29, 1.82) is 0 Å². The molecule has 56 heavy (non-hydrogen) atoms. The molecule has 4 aliphatic heterocycles. The number of unbranched alkanes of at least 4 members (excludes halogenated alkanes) is 2. The first-order chi connectivity index (χ1) is 27.1. The summed E-state index contributed by atoms with van der Waals surface area (Å²) < 4.78 is 55.3. The maximum Gasteiger partial charge on any atom is 0.255 e. The van der Waals surface area contributed by atoms with E-state index in [1.807, 2.05) is 12.1 Å². The van der Waals surface area contributed by atoms with Crippen molar-refractivity contribution >= 4 is 23.4 Å². The van der Waals surface area contributed by atoms with Crippen LogP contribution in [0.2, 0.25) is 0 Å². The number of amides is 3. The monoisotopic (exact) mass is 768 g/mol. The number of nitrogens with zero attached hydrogens (tertiary/aromatic N) is 3. The van der Waals surface area contributed by atoms with Gasteiger partial charge in [-0.05, 0) is 97.4 Å². The smallest absolute Gasteiger partial charge is 0.255 e. The van der Waals surface area contributed by atoms with Crippen molar-refractivity contribution in [2.24, 2.45) is 0 Å². The van der Waals surface area contributed by atoms with E-state index in [1.54, 1.807) is 23.1 Å². The third-order valence-electron chi connectivity index (χ3n) is 11.5. The summed E-state index contributed by atoms with van der Waals surface area (Å²) in [4.78, 5) is 43.4. The van der Waals surface area contributed by atoms with Gasteiger partial charge in [-0.25, -0.2) is 13.2 Å². The standard InChI is InChI=1S/C43H43F3N4O6/c44-34-10-4-26(21-35(34)45)33-25-56-39-23-30(51)7-9-32(39)41(33)27-5-12-38(36(46)22-27)55-19-3-1-2-14-48-15-17-49(18-16-48)29-6-8-31-28(20-29)24-50(43(31)54)37-11-13-40(52)47-42(37)53/h4-10,12,20-23,33,37,41,51H,1-3,11,13-19,24-25H2,(H,47,52,53)/t33-,37?,41-/m0/s1. The van der Waals surface area contributed by atoms with E-state index in [2.05, 4.69) is 21.2 Å². The summed E-state index contributed by atoms with van der Waals surface area (Å²) in [5.41, 5.74) is 4.43. The Bertz CT molecular complexity index is 2160. The first kappa shape index (κ1) is 37.4. The largest absolute Gasteiger partial charge is 0.508 e. The number of anilines is 1. The second-order valence-corrected chi connectivity index (χ2v) is 15.0. The molecular formula is C43H43F3N4O6. The summed E-state index contributed by atoms with van der Waals surface area (Å²) in [5, 5.41) is 12.4. The lowest BCUT2D eigenvalue weighted by Crippen LogP contribution is -2.52. The number of phenolic OH excluding ortho intramolecular Hbond substituents is 1. The number of hydrogen-bond donors (Lipinski definition) is 2. The van der Waals surface area contributed by atoms with E-state index in [-0.39, 0.29) is 36.3 Å². The van der Waals surface area contributed by atoms with Crippen LogP contribution in [0, 0.1) is 17.5 Å². The van der Waals surface area contributed by atoms with E-state index in [9.17, 15) is 28.3 Å². The normalized spacial score (nSPS) is 21.1. The van der Waals surface area contributed by atoms with Crippen LogP contribution in [-0.2, 0) is 16.1 Å². The molecule has 3 amide bonds. The van der Waals surface area contributed by atoms with E-state index >= 15 is 4.39 Å². The van der Waals surface area contributed by atoms with Crippen molar-refractivity contribution < 1.29 is 42.1 Å². The summed E-state index contributed by atoms with van der Waals surface area (Å²) in [6.07, 6.45) is 3.23. The minimum Gasteiger partial charge on any atom is -0.508 e. The van der Waals surface area contributed by atoms with Gasteiger partial charge in [0.05, 0.1) is 13.2 Å². The van der Waals surface area contributed by atoms with Crippen LogP contribution in [0.5, 0.6) is 17.2 Å². The van der Waals surface area contributed by atoms with Gasteiger partial charge in [0, 0.05) is 73.9 Å². The number of fused-ring (bicyclic) bond motifs is 2. The van der Waals surface area contributed by atoms with Crippen LogP contribution in [0.25, 0.3) is 0 Å². The molecule has 0 radical (unpaired) electrons. The number of imide groups is 1. The molecule has 0 saturated carbocycles. The second kappa shape index (κ2) is 15.9. The van der Waals surface area contributed by atoms with Gasteiger partial charge in [-0.2, -0.15) is 0 Å². The van der Waals surface area contributed by atoms with E-state index in [1.165, 1.54) is 24.3 Å². The number of carbonyl (C=O) groups is 3. The van der Waals surface area contributed by atoms with E-state index in [0.717, 1.165) is 75.4 Å². The lowest BCUT2D eigenvalue weighted by molar-refractivity contribution is -0.136. The first-order valence-electron chi connectivity index (χ1n) is 19.2. The zero-order chi connectivity index (χ0) is 38.9. The average Bonchev–Trinajstić information content (AvgIpc) is 3.52. The van der Waals surface area contributed by atoms with Crippen molar-refractivity contribution in [3.8, 4) is 17.2 Å². The molecule has 4 aliphatic rings. The minimum absolute atomic E-state index is 0.0290. The molecule has 0 bridgehead atoms. The molecule has 10 nitrogen and oxygen atoms in total. The molecule has 2 N–H and O–H groups in total.